The van der Waals surface area contributed by atoms with Crippen LogP contribution in [0.25, 0.3) is 17.2 Å². The molecule has 5 nitrogen and oxygen atoms in total. The highest BCUT2D eigenvalue weighted by Gasteiger charge is 2.04. The summed E-state index contributed by atoms with van der Waals surface area (Å²) in [6, 6.07) is 39.9. The number of rotatable bonds is 14. The van der Waals surface area contributed by atoms with E-state index >= 15 is 0 Å². The molecule has 0 bridgehead atoms. The topological polar surface area (TPSA) is 87.6 Å². The molecule has 0 aliphatic heterocycles. The Labute approximate surface area is 259 Å². The molecule has 0 fully saturated rings. The molecule has 0 spiro atoms. The van der Waals surface area contributed by atoms with Crippen LogP contribution in [0.3, 0.4) is 0 Å². The maximum absolute atomic E-state index is 12.3. The summed E-state index contributed by atoms with van der Waals surface area (Å²) in [7, 11) is 0. The van der Waals surface area contributed by atoms with E-state index in [9.17, 15) is 4.79 Å². The minimum absolute atomic E-state index is 0.00713. The normalized spacial score (nSPS) is 11.0. The minimum Gasteiger partial charge on any atom is -0.494 e. The second kappa shape index (κ2) is 15.3. The van der Waals surface area contributed by atoms with E-state index in [1.165, 1.54) is 16.7 Å². The summed E-state index contributed by atoms with van der Waals surface area (Å²) < 4.78 is 11.7. The van der Waals surface area contributed by atoms with Gasteiger partial charge in [-0.25, -0.2) is 0 Å². The predicted molar refractivity (Wildman–Crippen MR) is 181 cm³/mol. The minimum atomic E-state index is 0.00713. The summed E-state index contributed by atoms with van der Waals surface area (Å²) in [5.74, 6) is 1.56. The first-order chi connectivity index (χ1) is 21.5. The number of carbonyl (C=O) groups excluding carboxylic acids is 1. The van der Waals surface area contributed by atoms with Crippen LogP contribution in [0.2, 0.25) is 0 Å². The molecule has 0 radical (unpaired) electrons. The molecule has 5 rings (SSSR count). The molecule has 0 atom stereocenters. The molecule has 0 heterocycles. The van der Waals surface area contributed by atoms with E-state index in [4.69, 9.17) is 20.9 Å². The standard InChI is InChI=1S/C39H38N2O3/c40-35-20-24-39(37(41)28-35)44-26-6-2-5-25-43-36-21-18-33(19-22-36)32-16-13-31(14-17-32)27-30-11-9-29(10-12-30)15-23-38(42)34-7-3-1-4-8-34/h1,3-4,7-24,28H,2,5-6,25-27,40-41H2/b23-15+. The lowest BCUT2D eigenvalue weighted by Gasteiger charge is -2.10. The van der Waals surface area contributed by atoms with Gasteiger partial charge in [-0.15, -0.1) is 0 Å². The lowest BCUT2D eigenvalue weighted by atomic mass is 9.99. The summed E-state index contributed by atoms with van der Waals surface area (Å²) in [6.07, 6.45) is 7.24. The summed E-state index contributed by atoms with van der Waals surface area (Å²) in [4.78, 5) is 12.3. The number of anilines is 2. The van der Waals surface area contributed by atoms with Crippen LogP contribution in [0.5, 0.6) is 11.5 Å². The maximum Gasteiger partial charge on any atom is 0.185 e. The van der Waals surface area contributed by atoms with Crippen molar-refractivity contribution < 1.29 is 14.3 Å². The highest BCUT2D eigenvalue weighted by Crippen LogP contribution is 2.25. The first kappa shape index (κ1) is 30.2. The fourth-order valence-electron chi connectivity index (χ4n) is 4.86. The van der Waals surface area contributed by atoms with Crippen molar-refractivity contribution in [2.24, 2.45) is 0 Å². The average molecular weight is 583 g/mol. The molecule has 0 aromatic heterocycles. The number of benzene rings is 5. The molecule has 4 N–H and O–H groups in total. The van der Waals surface area contributed by atoms with Gasteiger partial charge in [0, 0.05) is 11.3 Å². The fourth-order valence-corrected chi connectivity index (χ4v) is 4.86. The van der Waals surface area contributed by atoms with Gasteiger partial charge in [0.2, 0.25) is 0 Å². The Bertz CT molecular complexity index is 1660. The third kappa shape index (κ3) is 8.85. The second-order valence-electron chi connectivity index (χ2n) is 10.8. The average Bonchev–Trinajstić information content (AvgIpc) is 3.06. The van der Waals surface area contributed by atoms with Gasteiger partial charge < -0.3 is 20.9 Å². The lowest BCUT2D eigenvalue weighted by molar-refractivity contribution is 0.104. The number of hydrogen-bond donors (Lipinski definition) is 2. The first-order valence-electron chi connectivity index (χ1n) is 15.0. The first-order valence-corrected chi connectivity index (χ1v) is 15.0. The number of hydrogen-bond acceptors (Lipinski definition) is 5. The third-order valence-corrected chi connectivity index (χ3v) is 7.36. The van der Waals surface area contributed by atoms with Crippen molar-refractivity contribution in [3.05, 3.63) is 150 Å². The molecule has 0 aliphatic carbocycles. The van der Waals surface area contributed by atoms with Gasteiger partial charge in [0.05, 0.1) is 18.9 Å². The largest absolute Gasteiger partial charge is 0.494 e. The van der Waals surface area contributed by atoms with E-state index < -0.39 is 0 Å². The molecule has 0 amide bonds. The highest BCUT2D eigenvalue weighted by atomic mass is 16.5. The quantitative estimate of drug-likeness (QED) is 0.0592. The third-order valence-electron chi connectivity index (χ3n) is 7.36. The Balaban J connectivity index is 1.03. The number of nitrogen functional groups attached to an aromatic ring is 2. The van der Waals surface area contributed by atoms with Crippen LogP contribution in [0.4, 0.5) is 11.4 Å². The summed E-state index contributed by atoms with van der Waals surface area (Å²) >= 11 is 0. The molecule has 44 heavy (non-hydrogen) atoms. The SMILES string of the molecule is Nc1ccc(OCCCCCOc2ccc(-c3ccc(Cc4ccc(/C=C/C(=O)c5ccccc5)cc4)cc3)cc2)c(N)c1. The van der Waals surface area contributed by atoms with Gasteiger partial charge in [-0.05, 0) is 89.9 Å². The molecule has 0 saturated heterocycles. The van der Waals surface area contributed by atoms with E-state index in [0.29, 0.717) is 35.9 Å². The van der Waals surface area contributed by atoms with E-state index in [1.807, 2.05) is 54.6 Å². The van der Waals surface area contributed by atoms with E-state index in [-0.39, 0.29) is 5.78 Å². The van der Waals surface area contributed by atoms with Crippen molar-refractivity contribution in [3.63, 3.8) is 0 Å². The number of unbranched alkanes of at least 4 members (excludes halogenated alkanes) is 2. The van der Waals surface area contributed by atoms with Gasteiger partial charge in [0.25, 0.3) is 0 Å². The predicted octanol–water partition coefficient (Wildman–Crippen LogP) is 8.63. The molecule has 0 saturated carbocycles. The van der Waals surface area contributed by atoms with Crippen molar-refractivity contribution in [3.8, 4) is 22.6 Å². The molecular formula is C39H38N2O3. The van der Waals surface area contributed by atoms with Crippen LogP contribution in [0.15, 0.2) is 127 Å². The highest BCUT2D eigenvalue weighted by molar-refractivity contribution is 6.06. The van der Waals surface area contributed by atoms with E-state index in [2.05, 4.69) is 60.7 Å². The maximum atomic E-state index is 12.3. The van der Waals surface area contributed by atoms with Crippen LogP contribution < -0.4 is 20.9 Å². The Morgan fingerprint density at radius 3 is 1.91 bits per heavy atom. The monoisotopic (exact) mass is 582 g/mol. The number of ketones is 1. The summed E-state index contributed by atoms with van der Waals surface area (Å²) in [6.45, 7) is 1.28. The van der Waals surface area contributed by atoms with Crippen molar-refractivity contribution in [2.45, 2.75) is 25.7 Å². The van der Waals surface area contributed by atoms with Gasteiger partial charge in [-0.1, -0.05) is 97.1 Å². The van der Waals surface area contributed by atoms with Gasteiger partial charge in [-0.3, -0.25) is 4.79 Å². The van der Waals surface area contributed by atoms with Crippen molar-refractivity contribution in [1.82, 2.24) is 0 Å². The Hall–Kier alpha value is -5.29. The molecule has 5 aromatic rings. The van der Waals surface area contributed by atoms with Crippen LogP contribution in [-0.4, -0.2) is 19.0 Å². The Morgan fingerprint density at radius 1 is 0.636 bits per heavy atom. The van der Waals surface area contributed by atoms with E-state index in [0.717, 1.165) is 42.6 Å². The van der Waals surface area contributed by atoms with Gasteiger partial charge >= 0.3 is 0 Å². The number of ether oxygens (including phenoxy) is 2. The van der Waals surface area contributed by atoms with Crippen LogP contribution in [-0.2, 0) is 6.42 Å². The van der Waals surface area contributed by atoms with Crippen LogP contribution in [0.1, 0.15) is 46.3 Å². The van der Waals surface area contributed by atoms with Gasteiger partial charge in [0.15, 0.2) is 5.78 Å². The summed E-state index contributed by atoms with van der Waals surface area (Å²) in [5.41, 5.74) is 19.4. The molecule has 222 valence electrons. The number of nitrogens with two attached hydrogens (primary N) is 2. The molecular weight excluding hydrogens is 544 g/mol. The Morgan fingerprint density at radius 2 is 1.25 bits per heavy atom. The molecule has 0 unspecified atom stereocenters. The second-order valence-corrected chi connectivity index (χ2v) is 10.8. The zero-order valence-corrected chi connectivity index (χ0v) is 24.8. The molecule has 5 heteroatoms. The van der Waals surface area contributed by atoms with Crippen molar-refractivity contribution in [1.29, 1.82) is 0 Å². The van der Waals surface area contributed by atoms with Gasteiger partial charge in [0.1, 0.15) is 11.5 Å². The fraction of sp³-hybridized carbons (Fsp3) is 0.154. The zero-order chi connectivity index (χ0) is 30.6. The Kier molecular flexibility index (Phi) is 10.5. The number of carbonyl (C=O) groups is 1. The molecule has 5 aromatic carbocycles. The number of allylic oxidation sites excluding steroid dienone is 1. The van der Waals surface area contributed by atoms with Crippen LogP contribution >= 0.6 is 0 Å². The molecule has 0 aliphatic rings. The smallest absolute Gasteiger partial charge is 0.185 e. The zero-order valence-electron chi connectivity index (χ0n) is 24.8. The lowest BCUT2D eigenvalue weighted by Crippen LogP contribution is -2.02. The van der Waals surface area contributed by atoms with Crippen molar-refractivity contribution >= 4 is 23.2 Å². The van der Waals surface area contributed by atoms with Crippen LogP contribution in [0, 0.1) is 0 Å². The van der Waals surface area contributed by atoms with Crippen molar-refractivity contribution in [2.75, 3.05) is 24.7 Å². The van der Waals surface area contributed by atoms with E-state index in [1.54, 1.807) is 18.2 Å². The van der Waals surface area contributed by atoms with Gasteiger partial charge in [-0.2, -0.15) is 0 Å². The summed E-state index contributed by atoms with van der Waals surface area (Å²) in [5, 5.41) is 0.